The van der Waals surface area contributed by atoms with Crippen LogP contribution in [0.5, 0.6) is 0 Å². The van der Waals surface area contributed by atoms with Gasteiger partial charge in [0.15, 0.2) is 12.6 Å². The number of hydrogen-bond donors (Lipinski definition) is 0. The Kier molecular flexibility index (Phi) is 13.6. The highest BCUT2D eigenvalue weighted by Gasteiger charge is 2.41. The maximum Gasteiger partial charge on any atom is 0.221 e. The van der Waals surface area contributed by atoms with Gasteiger partial charge < -0.3 is 18.9 Å². The van der Waals surface area contributed by atoms with Gasteiger partial charge in [0.1, 0.15) is 0 Å². The molecule has 180 valence electrons. The molecule has 0 radical (unpaired) electrons. The van der Waals surface area contributed by atoms with Crippen molar-refractivity contribution < 1.29 is 28.5 Å². The lowest BCUT2D eigenvalue weighted by atomic mass is 9.90. The van der Waals surface area contributed by atoms with Crippen molar-refractivity contribution in [3.8, 4) is 0 Å². The summed E-state index contributed by atoms with van der Waals surface area (Å²) in [6.45, 7) is 2.45. The van der Waals surface area contributed by atoms with Crippen molar-refractivity contribution in [2.45, 2.75) is 102 Å². The van der Waals surface area contributed by atoms with Gasteiger partial charge >= 0.3 is 0 Å². The second kappa shape index (κ2) is 15.6. The molecule has 2 heterocycles. The fourth-order valence-electron chi connectivity index (χ4n) is 3.97. The van der Waals surface area contributed by atoms with E-state index in [9.17, 15) is 9.59 Å². The van der Waals surface area contributed by atoms with E-state index in [1.54, 1.807) is 0 Å². The highest BCUT2D eigenvalue weighted by molar-refractivity contribution is 6.63. The Morgan fingerprint density at radius 1 is 0.581 bits per heavy atom. The lowest BCUT2D eigenvalue weighted by molar-refractivity contribution is -0.304. The average molecular weight is 481 g/mol. The van der Waals surface area contributed by atoms with Gasteiger partial charge in [0.05, 0.1) is 31.8 Å². The zero-order valence-corrected chi connectivity index (χ0v) is 20.1. The summed E-state index contributed by atoms with van der Waals surface area (Å²) >= 11 is 10.7. The molecular weight excluding hydrogens is 443 g/mol. The van der Waals surface area contributed by atoms with Crippen LogP contribution < -0.4 is 0 Å². The highest BCUT2D eigenvalue weighted by atomic mass is 35.5. The molecule has 0 unspecified atom stereocenters. The summed E-state index contributed by atoms with van der Waals surface area (Å²) in [5.41, 5.74) is -0.185. The topological polar surface area (TPSA) is 71.1 Å². The fraction of sp³-hybridized carbons (Fsp3) is 0.913. The SMILES string of the molecule is O=C(Cl)CCCCCCCC1OCC2(CO1)COC(CCCCCCCC(=O)Cl)OC2. The molecule has 2 aliphatic rings. The Balaban J connectivity index is 1.46. The molecule has 0 atom stereocenters. The molecule has 31 heavy (non-hydrogen) atoms. The molecule has 0 saturated carbocycles. The first kappa shape index (κ1) is 27.0. The molecular formula is C23H38Cl2O6. The molecule has 1 spiro atoms. The Labute approximate surface area is 196 Å². The van der Waals surface area contributed by atoms with Crippen molar-refractivity contribution in [1.29, 1.82) is 0 Å². The molecule has 0 aromatic carbocycles. The van der Waals surface area contributed by atoms with Gasteiger partial charge in [-0.25, -0.2) is 0 Å². The molecule has 6 nitrogen and oxygen atoms in total. The van der Waals surface area contributed by atoms with Crippen molar-refractivity contribution >= 4 is 33.7 Å². The molecule has 8 heteroatoms. The standard InChI is InChI=1S/C23H38Cl2O6/c24-19(26)11-7-3-1-5-9-13-21-28-15-23(16-29-21)17-30-22(31-18-23)14-10-6-2-4-8-12-20(25)27/h21-22H,1-18H2. The number of ether oxygens (including phenoxy) is 4. The first-order chi connectivity index (χ1) is 15.0. The van der Waals surface area contributed by atoms with Gasteiger partial charge in [-0.1, -0.05) is 38.5 Å². The summed E-state index contributed by atoms with van der Waals surface area (Å²) in [4.78, 5) is 21.4. The highest BCUT2D eigenvalue weighted by Crippen LogP contribution is 2.32. The van der Waals surface area contributed by atoms with Gasteiger partial charge in [-0.05, 0) is 61.7 Å². The lowest BCUT2D eigenvalue weighted by Crippen LogP contribution is -2.52. The summed E-state index contributed by atoms with van der Waals surface area (Å²) in [6, 6.07) is 0. The van der Waals surface area contributed by atoms with Crippen molar-refractivity contribution in [2.24, 2.45) is 5.41 Å². The third-order valence-electron chi connectivity index (χ3n) is 5.93. The molecule has 0 aromatic rings. The van der Waals surface area contributed by atoms with Gasteiger partial charge in [0.2, 0.25) is 10.5 Å². The maximum atomic E-state index is 10.7. The summed E-state index contributed by atoms with van der Waals surface area (Å²) in [5, 5.41) is -0.484. The second-order valence-electron chi connectivity index (χ2n) is 8.93. The van der Waals surface area contributed by atoms with E-state index in [-0.39, 0.29) is 28.5 Å². The van der Waals surface area contributed by atoms with Crippen LogP contribution in [0.1, 0.15) is 89.9 Å². The van der Waals surface area contributed by atoms with E-state index in [1.807, 2.05) is 0 Å². The van der Waals surface area contributed by atoms with Gasteiger partial charge in [-0.2, -0.15) is 0 Å². The summed E-state index contributed by atoms with van der Waals surface area (Å²) in [6.07, 6.45) is 12.9. The number of carbonyl (C=O) groups is 2. The van der Waals surface area contributed by atoms with Crippen LogP contribution in [0.4, 0.5) is 0 Å². The van der Waals surface area contributed by atoms with Gasteiger partial charge in [-0.3, -0.25) is 9.59 Å². The third-order valence-corrected chi connectivity index (χ3v) is 6.31. The van der Waals surface area contributed by atoms with E-state index in [1.165, 1.54) is 0 Å². The Morgan fingerprint density at radius 2 is 0.903 bits per heavy atom. The molecule has 0 aliphatic carbocycles. The Bertz CT molecular complexity index is 465. The third kappa shape index (κ3) is 12.0. The zero-order valence-electron chi connectivity index (χ0n) is 18.6. The molecule has 0 N–H and O–H groups in total. The van der Waals surface area contributed by atoms with Crippen LogP contribution in [-0.2, 0) is 28.5 Å². The molecule has 0 bridgehead atoms. The number of unbranched alkanes of at least 4 members (excludes halogenated alkanes) is 8. The van der Waals surface area contributed by atoms with E-state index in [0.29, 0.717) is 39.3 Å². The number of hydrogen-bond acceptors (Lipinski definition) is 6. The summed E-state index contributed by atoms with van der Waals surface area (Å²) in [7, 11) is 0. The van der Waals surface area contributed by atoms with Crippen LogP contribution in [0.2, 0.25) is 0 Å². The summed E-state index contributed by atoms with van der Waals surface area (Å²) in [5.74, 6) is 0. The minimum Gasteiger partial charge on any atom is -0.352 e. The average Bonchev–Trinajstić information content (AvgIpc) is 2.75. The quantitative estimate of drug-likeness (QED) is 0.208. The van der Waals surface area contributed by atoms with Gasteiger partial charge in [-0.15, -0.1) is 0 Å². The van der Waals surface area contributed by atoms with Crippen molar-refractivity contribution in [1.82, 2.24) is 0 Å². The molecule has 2 aliphatic heterocycles. The smallest absolute Gasteiger partial charge is 0.221 e. The van der Waals surface area contributed by atoms with E-state index in [0.717, 1.165) is 77.0 Å². The second-order valence-corrected chi connectivity index (χ2v) is 9.77. The van der Waals surface area contributed by atoms with E-state index in [2.05, 4.69) is 0 Å². The van der Waals surface area contributed by atoms with Crippen LogP contribution >= 0.6 is 23.2 Å². The minimum absolute atomic E-state index is 0.137. The molecule has 2 rings (SSSR count). The monoisotopic (exact) mass is 480 g/mol. The van der Waals surface area contributed by atoms with E-state index in [4.69, 9.17) is 42.1 Å². The number of halogens is 2. The predicted octanol–water partition coefficient (Wildman–Crippen LogP) is 5.71. The van der Waals surface area contributed by atoms with Crippen molar-refractivity contribution in [3.05, 3.63) is 0 Å². The van der Waals surface area contributed by atoms with Crippen LogP contribution in [0, 0.1) is 5.41 Å². The summed E-state index contributed by atoms with van der Waals surface area (Å²) < 4.78 is 23.8. The predicted molar refractivity (Wildman–Crippen MR) is 120 cm³/mol. The molecule has 2 saturated heterocycles. The first-order valence-corrected chi connectivity index (χ1v) is 12.6. The number of rotatable bonds is 16. The molecule has 2 fully saturated rings. The van der Waals surface area contributed by atoms with E-state index >= 15 is 0 Å². The van der Waals surface area contributed by atoms with E-state index < -0.39 is 0 Å². The van der Waals surface area contributed by atoms with Crippen LogP contribution in [0.25, 0.3) is 0 Å². The van der Waals surface area contributed by atoms with Crippen molar-refractivity contribution in [2.75, 3.05) is 26.4 Å². The molecule has 0 amide bonds. The van der Waals surface area contributed by atoms with Gasteiger partial charge in [0.25, 0.3) is 0 Å². The Hall–Kier alpha value is -0.240. The molecule has 0 aromatic heterocycles. The number of carbonyl (C=O) groups excluding carboxylic acids is 2. The van der Waals surface area contributed by atoms with Crippen LogP contribution in [0.15, 0.2) is 0 Å². The fourth-order valence-corrected chi connectivity index (χ4v) is 4.24. The first-order valence-electron chi connectivity index (χ1n) is 11.8. The minimum atomic E-state index is -0.242. The Morgan fingerprint density at radius 3 is 1.26 bits per heavy atom. The van der Waals surface area contributed by atoms with Crippen LogP contribution in [0.3, 0.4) is 0 Å². The maximum absolute atomic E-state index is 10.7. The van der Waals surface area contributed by atoms with Crippen LogP contribution in [-0.4, -0.2) is 49.5 Å². The normalized spacial score (nSPS) is 26.3. The largest absolute Gasteiger partial charge is 0.352 e. The zero-order chi connectivity index (χ0) is 22.4. The van der Waals surface area contributed by atoms with Crippen molar-refractivity contribution in [3.63, 3.8) is 0 Å². The lowest BCUT2D eigenvalue weighted by Gasteiger charge is -2.43. The van der Waals surface area contributed by atoms with Gasteiger partial charge in [0, 0.05) is 12.8 Å².